The molecule has 0 aliphatic carbocycles. The Balaban J connectivity index is 3.15. The van der Waals surface area contributed by atoms with E-state index in [-0.39, 0.29) is 5.97 Å². The van der Waals surface area contributed by atoms with Gasteiger partial charge in [0.05, 0.1) is 18.9 Å². The van der Waals surface area contributed by atoms with Crippen molar-refractivity contribution < 1.29 is 14.3 Å². The fourth-order valence-corrected chi connectivity index (χ4v) is 1.38. The zero-order valence-corrected chi connectivity index (χ0v) is 8.43. The van der Waals surface area contributed by atoms with Crippen molar-refractivity contribution in [2.75, 3.05) is 24.7 Å². The lowest BCUT2D eigenvalue weighted by atomic mass is 10.5. The predicted octanol–water partition coefficient (Wildman–Crippen LogP) is 1.01. The van der Waals surface area contributed by atoms with Gasteiger partial charge in [-0.2, -0.15) is 11.8 Å². The zero-order chi connectivity index (χ0) is 9.94. The molecule has 0 aromatic carbocycles. The normalized spacial score (nSPS) is 9.00. The Bertz CT molecular complexity index is 190. The molecular formula is C8H13NO3S. The van der Waals surface area contributed by atoms with Crippen LogP contribution in [0.15, 0.2) is 4.99 Å². The topological polar surface area (TPSA) is 55.7 Å². The van der Waals surface area contributed by atoms with E-state index in [1.54, 1.807) is 6.92 Å². The summed E-state index contributed by atoms with van der Waals surface area (Å²) in [5.74, 6) is 0.995. The maximum atomic E-state index is 10.8. The molecule has 4 nitrogen and oxygen atoms in total. The van der Waals surface area contributed by atoms with Gasteiger partial charge in [0.1, 0.15) is 0 Å². The first kappa shape index (κ1) is 12.2. The van der Waals surface area contributed by atoms with Crippen LogP contribution in [0.3, 0.4) is 0 Å². The van der Waals surface area contributed by atoms with Crippen LogP contribution in [0, 0.1) is 0 Å². The number of esters is 1. The Morgan fingerprint density at radius 1 is 1.62 bits per heavy atom. The molecule has 0 amide bonds. The van der Waals surface area contributed by atoms with Crippen LogP contribution in [-0.2, 0) is 14.3 Å². The van der Waals surface area contributed by atoms with Crippen molar-refractivity contribution in [2.24, 2.45) is 4.99 Å². The van der Waals surface area contributed by atoms with Crippen molar-refractivity contribution in [2.45, 2.75) is 13.3 Å². The molecular weight excluding hydrogens is 190 g/mol. The zero-order valence-electron chi connectivity index (χ0n) is 7.62. The summed E-state index contributed by atoms with van der Waals surface area (Å²) in [5.41, 5.74) is 0. The van der Waals surface area contributed by atoms with Crippen molar-refractivity contribution >= 4 is 23.8 Å². The van der Waals surface area contributed by atoms with Crippen LogP contribution in [0.1, 0.15) is 13.3 Å². The Labute approximate surface area is 81.7 Å². The van der Waals surface area contributed by atoms with Crippen LogP contribution in [0.4, 0.5) is 0 Å². The summed E-state index contributed by atoms with van der Waals surface area (Å²) >= 11 is 1.49. The summed E-state index contributed by atoms with van der Waals surface area (Å²) in [6.45, 7) is 2.69. The molecule has 0 aromatic heterocycles. The van der Waals surface area contributed by atoms with Crippen LogP contribution in [0.25, 0.3) is 0 Å². The molecule has 0 N–H and O–H groups in total. The molecule has 0 heterocycles. The summed E-state index contributed by atoms with van der Waals surface area (Å²) in [5, 5.41) is 0. The predicted molar refractivity (Wildman–Crippen MR) is 51.6 cm³/mol. The molecule has 0 unspecified atom stereocenters. The Morgan fingerprint density at radius 3 is 3.00 bits per heavy atom. The van der Waals surface area contributed by atoms with Crippen LogP contribution in [0.5, 0.6) is 0 Å². The molecule has 0 aliphatic heterocycles. The van der Waals surface area contributed by atoms with Gasteiger partial charge >= 0.3 is 5.97 Å². The van der Waals surface area contributed by atoms with Crippen LogP contribution in [-0.4, -0.2) is 36.7 Å². The maximum absolute atomic E-state index is 10.8. The van der Waals surface area contributed by atoms with Crippen molar-refractivity contribution in [1.82, 2.24) is 0 Å². The van der Waals surface area contributed by atoms with Gasteiger partial charge in [0.25, 0.3) is 0 Å². The molecule has 0 aliphatic rings. The lowest BCUT2D eigenvalue weighted by Crippen LogP contribution is -2.07. The molecule has 0 atom stereocenters. The number of carbonyl (C=O) groups is 1. The number of hydrogen-bond donors (Lipinski definition) is 0. The molecule has 0 saturated carbocycles. The largest absolute Gasteiger partial charge is 0.465 e. The van der Waals surface area contributed by atoms with E-state index in [1.165, 1.54) is 17.8 Å². The van der Waals surface area contributed by atoms with Crippen molar-refractivity contribution in [3.8, 4) is 0 Å². The van der Waals surface area contributed by atoms with Crippen LogP contribution in [0.2, 0.25) is 0 Å². The number of isocyanates is 1. The van der Waals surface area contributed by atoms with Crippen molar-refractivity contribution in [3.05, 3.63) is 0 Å². The second kappa shape index (κ2) is 9.29. The van der Waals surface area contributed by atoms with E-state index in [9.17, 15) is 9.59 Å². The van der Waals surface area contributed by atoms with E-state index in [0.29, 0.717) is 18.9 Å². The third kappa shape index (κ3) is 9.11. The number of nitrogens with zero attached hydrogens (tertiary/aromatic N) is 1. The first-order chi connectivity index (χ1) is 6.31. The highest BCUT2D eigenvalue weighted by atomic mass is 32.2. The van der Waals surface area contributed by atoms with Gasteiger partial charge in [0, 0.05) is 0 Å². The quantitative estimate of drug-likeness (QED) is 0.268. The standard InChI is InChI=1S/C8H13NO3S/c1-2-12-8(11)6-13-5-3-4-9-7-10/h2-6H2,1H3. The van der Waals surface area contributed by atoms with Crippen molar-refractivity contribution in [1.29, 1.82) is 0 Å². The molecule has 0 aromatic rings. The Kier molecular flexibility index (Phi) is 8.72. The third-order valence-electron chi connectivity index (χ3n) is 1.15. The molecule has 0 spiro atoms. The van der Waals surface area contributed by atoms with Crippen LogP contribution >= 0.6 is 11.8 Å². The second-order valence-corrected chi connectivity index (χ2v) is 3.29. The number of thioether (sulfide) groups is 1. The van der Waals surface area contributed by atoms with E-state index in [4.69, 9.17) is 4.74 Å². The van der Waals surface area contributed by atoms with Gasteiger partial charge in [-0.3, -0.25) is 4.79 Å². The molecule has 0 radical (unpaired) electrons. The van der Waals surface area contributed by atoms with Gasteiger partial charge in [-0.1, -0.05) is 0 Å². The lowest BCUT2D eigenvalue weighted by Gasteiger charge is -2.00. The Hall–Kier alpha value is -0.800. The summed E-state index contributed by atoms with van der Waals surface area (Å²) in [7, 11) is 0. The minimum atomic E-state index is -0.189. The van der Waals surface area contributed by atoms with E-state index in [2.05, 4.69) is 4.99 Å². The minimum absolute atomic E-state index is 0.189. The van der Waals surface area contributed by atoms with Gasteiger partial charge < -0.3 is 4.74 Å². The smallest absolute Gasteiger partial charge is 0.315 e. The Morgan fingerprint density at radius 2 is 2.38 bits per heavy atom. The molecule has 0 fully saturated rings. The highest BCUT2D eigenvalue weighted by molar-refractivity contribution is 7.99. The molecule has 74 valence electrons. The summed E-state index contributed by atoms with van der Waals surface area (Å²) in [6.07, 6.45) is 2.25. The molecule has 0 rings (SSSR count). The minimum Gasteiger partial charge on any atom is -0.465 e. The summed E-state index contributed by atoms with van der Waals surface area (Å²) < 4.78 is 4.72. The van der Waals surface area contributed by atoms with Crippen molar-refractivity contribution in [3.63, 3.8) is 0 Å². The van der Waals surface area contributed by atoms with E-state index in [0.717, 1.165) is 12.2 Å². The molecule has 5 heteroatoms. The van der Waals surface area contributed by atoms with E-state index in [1.807, 2.05) is 0 Å². The molecule has 0 bridgehead atoms. The van der Waals surface area contributed by atoms with Gasteiger partial charge in [-0.05, 0) is 19.1 Å². The number of ether oxygens (including phenoxy) is 1. The average molecular weight is 203 g/mol. The highest BCUT2D eigenvalue weighted by Crippen LogP contribution is 2.02. The second-order valence-electron chi connectivity index (χ2n) is 2.18. The molecule has 0 saturated heterocycles. The number of aliphatic imine (C=N–C) groups is 1. The average Bonchev–Trinajstić information content (AvgIpc) is 2.11. The summed E-state index contributed by atoms with van der Waals surface area (Å²) in [4.78, 5) is 23.9. The lowest BCUT2D eigenvalue weighted by molar-refractivity contribution is -0.139. The SMILES string of the molecule is CCOC(=O)CSCCCN=C=O. The highest BCUT2D eigenvalue weighted by Gasteiger charge is 1.99. The first-order valence-corrected chi connectivity index (χ1v) is 5.23. The summed E-state index contributed by atoms with van der Waals surface area (Å²) in [6, 6.07) is 0. The van der Waals surface area contributed by atoms with Gasteiger partial charge in [-0.25, -0.2) is 9.79 Å². The first-order valence-electron chi connectivity index (χ1n) is 4.08. The van der Waals surface area contributed by atoms with Gasteiger partial charge in [-0.15, -0.1) is 0 Å². The van der Waals surface area contributed by atoms with Crippen LogP contribution < -0.4 is 0 Å². The van der Waals surface area contributed by atoms with E-state index >= 15 is 0 Å². The monoisotopic (exact) mass is 203 g/mol. The van der Waals surface area contributed by atoms with Gasteiger partial charge in [0.2, 0.25) is 6.08 Å². The van der Waals surface area contributed by atoms with Gasteiger partial charge in [0.15, 0.2) is 0 Å². The number of carbonyl (C=O) groups excluding carboxylic acids is 2. The van der Waals surface area contributed by atoms with E-state index < -0.39 is 0 Å². The fraction of sp³-hybridized carbons (Fsp3) is 0.750. The number of hydrogen-bond acceptors (Lipinski definition) is 5. The molecule has 13 heavy (non-hydrogen) atoms. The fourth-order valence-electron chi connectivity index (χ4n) is 0.649. The number of rotatable bonds is 7. The third-order valence-corrected chi connectivity index (χ3v) is 2.17. The maximum Gasteiger partial charge on any atom is 0.315 e.